The molecular formula is C26H36F2O2. The summed E-state index contributed by atoms with van der Waals surface area (Å²) >= 11 is 0. The van der Waals surface area contributed by atoms with Crippen molar-refractivity contribution in [3.8, 4) is 0 Å². The summed E-state index contributed by atoms with van der Waals surface area (Å²) in [6.07, 6.45) is 13.7. The average molecular weight is 419 g/mol. The van der Waals surface area contributed by atoms with Crippen molar-refractivity contribution < 1.29 is 18.3 Å². The summed E-state index contributed by atoms with van der Waals surface area (Å²) in [6, 6.07) is 4.34. The number of ether oxygens (including phenoxy) is 2. The number of benzene rings is 1. The molecule has 4 rings (SSSR count). The molecule has 2 aliphatic carbocycles. The molecule has 1 saturated heterocycles. The third-order valence-electron chi connectivity index (χ3n) is 7.86. The van der Waals surface area contributed by atoms with Gasteiger partial charge in [-0.25, -0.2) is 8.78 Å². The summed E-state index contributed by atoms with van der Waals surface area (Å²) in [5.74, 6) is 1.38. The van der Waals surface area contributed by atoms with E-state index in [-0.39, 0.29) is 6.29 Å². The van der Waals surface area contributed by atoms with Gasteiger partial charge in [-0.05, 0) is 86.8 Å². The molecule has 0 unspecified atom stereocenters. The van der Waals surface area contributed by atoms with Crippen molar-refractivity contribution in [2.24, 2.45) is 23.7 Å². The lowest BCUT2D eigenvalue weighted by molar-refractivity contribution is -0.236. The first-order valence-electron chi connectivity index (χ1n) is 11.9. The third kappa shape index (κ3) is 5.31. The lowest BCUT2D eigenvalue weighted by atomic mass is 9.74. The minimum Gasteiger partial charge on any atom is -0.352 e. The highest BCUT2D eigenvalue weighted by Gasteiger charge is 2.36. The van der Waals surface area contributed by atoms with Gasteiger partial charge in [-0.3, -0.25) is 0 Å². The van der Waals surface area contributed by atoms with E-state index in [0.717, 1.165) is 62.7 Å². The van der Waals surface area contributed by atoms with Gasteiger partial charge in [0.25, 0.3) is 0 Å². The highest BCUT2D eigenvalue weighted by atomic mass is 19.2. The number of hydrogen-bond donors (Lipinski definition) is 0. The van der Waals surface area contributed by atoms with Crippen molar-refractivity contribution in [3.63, 3.8) is 0 Å². The minimum atomic E-state index is -0.767. The molecule has 0 radical (unpaired) electrons. The van der Waals surface area contributed by atoms with E-state index < -0.39 is 11.6 Å². The van der Waals surface area contributed by atoms with Gasteiger partial charge in [-0.2, -0.15) is 0 Å². The summed E-state index contributed by atoms with van der Waals surface area (Å²) < 4.78 is 39.2. The molecule has 1 heterocycles. The quantitative estimate of drug-likeness (QED) is 0.463. The van der Waals surface area contributed by atoms with Crippen LogP contribution in [0.5, 0.6) is 0 Å². The predicted octanol–water partition coefficient (Wildman–Crippen LogP) is 7.00. The van der Waals surface area contributed by atoms with Gasteiger partial charge in [0.15, 0.2) is 17.9 Å². The van der Waals surface area contributed by atoms with Crippen molar-refractivity contribution in [3.05, 3.63) is 48.1 Å². The number of rotatable bonds is 6. The molecule has 0 amide bonds. The summed E-state index contributed by atoms with van der Waals surface area (Å²) in [5.41, 5.74) is 0.918. The number of hydrogen-bond acceptors (Lipinski definition) is 2. The molecule has 3 fully saturated rings. The topological polar surface area (TPSA) is 18.5 Å². The van der Waals surface area contributed by atoms with Crippen LogP contribution in [-0.2, 0) is 9.47 Å². The maximum absolute atomic E-state index is 13.5. The molecule has 0 aromatic heterocycles. The Bertz CT molecular complexity index is 682. The normalized spacial score (nSPS) is 35.1. The second kappa shape index (κ2) is 10.4. The maximum atomic E-state index is 13.5. The van der Waals surface area contributed by atoms with E-state index in [1.165, 1.54) is 44.2 Å². The molecular weight excluding hydrogens is 382 g/mol. The lowest BCUT2D eigenvalue weighted by Gasteiger charge is -2.41. The highest BCUT2D eigenvalue weighted by Crippen LogP contribution is 2.41. The Morgan fingerprint density at radius 2 is 1.50 bits per heavy atom. The van der Waals surface area contributed by atoms with Crippen LogP contribution in [-0.4, -0.2) is 19.5 Å². The second-order valence-electron chi connectivity index (χ2n) is 9.73. The van der Waals surface area contributed by atoms with Crippen LogP contribution in [0.1, 0.15) is 75.7 Å². The first-order valence-corrected chi connectivity index (χ1v) is 11.9. The van der Waals surface area contributed by atoms with Gasteiger partial charge in [0.05, 0.1) is 13.2 Å². The molecule has 2 saturated carbocycles. The zero-order valence-corrected chi connectivity index (χ0v) is 18.0. The van der Waals surface area contributed by atoms with E-state index in [2.05, 4.69) is 6.58 Å². The Morgan fingerprint density at radius 3 is 2.13 bits per heavy atom. The monoisotopic (exact) mass is 418 g/mol. The van der Waals surface area contributed by atoms with E-state index in [1.54, 1.807) is 6.07 Å². The van der Waals surface area contributed by atoms with Crippen molar-refractivity contribution in [1.29, 1.82) is 0 Å². The molecule has 0 bridgehead atoms. The Kier molecular flexibility index (Phi) is 7.59. The molecule has 1 aromatic carbocycles. The largest absolute Gasteiger partial charge is 0.352 e. The average Bonchev–Trinajstić information content (AvgIpc) is 2.80. The van der Waals surface area contributed by atoms with E-state index in [0.29, 0.717) is 17.8 Å². The highest BCUT2D eigenvalue weighted by molar-refractivity contribution is 5.22. The van der Waals surface area contributed by atoms with Crippen LogP contribution in [0.3, 0.4) is 0 Å². The molecule has 30 heavy (non-hydrogen) atoms. The number of allylic oxidation sites excluding steroid dienone is 1. The lowest BCUT2D eigenvalue weighted by Crippen LogP contribution is -2.41. The van der Waals surface area contributed by atoms with Gasteiger partial charge < -0.3 is 9.47 Å². The first-order chi connectivity index (χ1) is 14.6. The van der Waals surface area contributed by atoms with Gasteiger partial charge in [0, 0.05) is 11.8 Å². The summed E-state index contributed by atoms with van der Waals surface area (Å²) in [7, 11) is 0. The molecule has 0 spiro atoms. The van der Waals surface area contributed by atoms with Crippen LogP contribution in [0.25, 0.3) is 0 Å². The first kappa shape index (κ1) is 22.0. The molecule has 166 valence electrons. The second-order valence-corrected chi connectivity index (χ2v) is 9.73. The van der Waals surface area contributed by atoms with Crippen LogP contribution in [0.4, 0.5) is 8.78 Å². The number of halogens is 2. The van der Waals surface area contributed by atoms with Crippen molar-refractivity contribution in [2.45, 2.75) is 76.4 Å². The smallest absolute Gasteiger partial charge is 0.160 e. The van der Waals surface area contributed by atoms with Crippen LogP contribution in [0.2, 0.25) is 0 Å². The van der Waals surface area contributed by atoms with Crippen molar-refractivity contribution >= 4 is 0 Å². The molecule has 0 atom stereocenters. The van der Waals surface area contributed by atoms with Crippen molar-refractivity contribution in [2.75, 3.05) is 13.2 Å². The molecule has 1 aliphatic heterocycles. The fourth-order valence-corrected chi connectivity index (χ4v) is 5.87. The molecule has 4 heteroatoms. The van der Waals surface area contributed by atoms with Gasteiger partial charge >= 0.3 is 0 Å². The Hall–Kier alpha value is -1.26. The SMILES string of the molecule is C=CCC[C@H]1CC[C@H](C2COC(C3CCC(c4ccc(F)c(F)c4)CC3)OC2)CC1. The standard InChI is InChI=1S/C26H36F2O2/c1-2-3-4-18-5-7-20(8-6-18)23-16-29-26(30-17-23)21-11-9-19(10-12-21)22-13-14-24(27)25(28)15-22/h2,13-15,18-21,23,26H,1,3-12,16-17H2/t18-,19?,20-,21?,23?,26?. The zero-order chi connectivity index (χ0) is 20.9. The Labute approximate surface area is 180 Å². The van der Waals surface area contributed by atoms with E-state index in [4.69, 9.17) is 9.47 Å². The fraction of sp³-hybridized carbons (Fsp3) is 0.692. The van der Waals surface area contributed by atoms with E-state index in [9.17, 15) is 8.78 Å². The van der Waals surface area contributed by atoms with Crippen LogP contribution < -0.4 is 0 Å². The van der Waals surface area contributed by atoms with Crippen LogP contribution >= 0.6 is 0 Å². The van der Waals surface area contributed by atoms with E-state index in [1.807, 2.05) is 6.08 Å². The maximum Gasteiger partial charge on any atom is 0.160 e. The molecule has 0 N–H and O–H groups in total. The van der Waals surface area contributed by atoms with Gasteiger partial charge in [0.1, 0.15) is 0 Å². The molecule has 1 aromatic rings. The van der Waals surface area contributed by atoms with Crippen LogP contribution in [0.15, 0.2) is 30.9 Å². The van der Waals surface area contributed by atoms with Crippen molar-refractivity contribution in [1.82, 2.24) is 0 Å². The Balaban J connectivity index is 1.19. The zero-order valence-electron chi connectivity index (χ0n) is 18.0. The fourth-order valence-electron chi connectivity index (χ4n) is 5.87. The van der Waals surface area contributed by atoms with Gasteiger partial charge in [0.2, 0.25) is 0 Å². The predicted molar refractivity (Wildman–Crippen MR) is 115 cm³/mol. The van der Waals surface area contributed by atoms with Gasteiger partial charge in [-0.1, -0.05) is 25.0 Å². The minimum absolute atomic E-state index is 0.0870. The van der Waals surface area contributed by atoms with Crippen LogP contribution in [0, 0.1) is 35.3 Å². The van der Waals surface area contributed by atoms with E-state index >= 15 is 0 Å². The summed E-state index contributed by atoms with van der Waals surface area (Å²) in [6.45, 7) is 5.50. The molecule has 2 nitrogen and oxygen atoms in total. The third-order valence-corrected chi connectivity index (χ3v) is 7.86. The molecule has 3 aliphatic rings. The summed E-state index contributed by atoms with van der Waals surface area (Å²) in [4.78, 5) is 0. The van der Waals surface area contributed by atoms with Gasteiger partial charge in [-0.15, -0.1) is 6.58 Å². The summed E-state index contributed by atoms with van der Waals surface area (Å²) in [5, 5.41) is 0. The Morgan fingerprint density at radius 1 is 0.833 bits per heavy atom.